The van der Waals surface area contributed by atoms with Crippen LogP contribution in [0.5, 0.6) is 5.75 Å². The van der Waals surface area contributed by atoms with Crippen molar-refractivity contribution in [3.63, 3.8) is 0 Å². The second-order valence-electron chi connectivity index (χ2n) is 8.61. The predicted molar refractivity (Wildman–Crippen MR) is 139 cm³/mol. The van der Waals surface area contributed by atoms with E-state index in [1.54, 1.807) is 6.20 Å². The zero-order chi connectivity index (χ0) is 24.6. The first-order valence-electron chi connectivity index (χ1n) is 11.8. The molecule has 2 aromatic carbocycles. The molecule has 0 atom stereocenters. The fourth-order valence-electron chi connectivity index (χ4n) is 3.98. The summed E-state index contributed by atoms with van der Waals surface area (Å²) in [5, 5.41) is 15.1. The van der Waals surface area contributed by atoms with E-state index in [0.717, 1.165) is 40.5 Å². The Morgan fingerprint density at radius 1 is 1.09 bits per heavy atom. The Morgan fingerprint density at radius 2 is 1.86 bits per heavy atom. The lowest BCUT2D eigenvalue weighted by Gasteiger charge is -2.30. The Bertz CT molecular complexity index is 1160. The molecule has 1 fully saturated rings. The smallest absolute Gasteiger partial charge is 0.325 e. The van der Waals surface area contributed by atoms with Gasteiger partial charge in [0.1, 0.15) is 12.4 Å². The fourth-order valence-corrected chi connectivity index (χ4v) is 4.71. The van der Waals surface area contributed by atoms with Gasteiger partial charge in [0.2, 0.25) is 0 Å². The molecule has 3 aromatic rings. The van der Waals surface area contributed by atoms with E-state index in [2.05, 4.69) is 33.5 Å². The van der Waals surface area contributed by atoms with Crippen molar-refractivity contribution in [3.8, 4) is 5.75 Å². The van der Waals surface area contributed by atoms with Crippen molar-refractivity contribution < 1.29 is 19.4 Å². The highest BCUT2D eigenvalue weighted by atomic mass is 32.1. The number of hydrogen-bond donors (Lipinski definition) is 3. The number of thiazole rings is 1. The van der Waals surface area contributed by atoms with Crippen LogP contribution in [0.2, 0.25) is 0 Å². The van der Waals surface area contributed by atoms with Gasteiger partial charge in [-0.15, -0.1) is 0 Å². The molecule has 35 heavy (non-hydrogen) atoms. The molecule has 1 aliphatic heterocycles. The highest BCUT2D eigenvalue weighted by Gasteiger charge is 2.17. The Morgan fingerprint density at radius 3 is 2.60 bits per heavy atom. The number of carboxylic acid groups (broad SMARTS) is 1. The Balaban J connectivity index is 1.30. The van der Waals surface area contributed by atoms with Crippen molar-refractivity contribution in [2.24, 2.45) is 0 Å². The zero-order valence-corrected chi connectivity index (χ0v) is 20.6. The monoisotopic (exact) mass is 494 g/mol. The average Bonchev–Trinajstić information content (AvgIpc) is 3.30. The van der Waals surface area contributed by atoms with Gasteiger partial charge in [-0.05, 0) is 68.0 Å². The quantitative estimate of drug-likeness (QED) is 0.353. The number of amides is 2. The topological polar surface area (TPSA) is 104 Å². The van der Waals surface area contributed by atoms with Gasteiger partial charge in [-0.25, -0.2) is 9.78 Å². The summed E-state index contributed by atoms with van der Waals surface area (Å²) in [6.07, 6.45) is 5.86. The van der Waals surface area contributed by atoms with Crippen molar-refractivity contribution >= 4 is 39.8 Å². The summed E-state index contributed by atoms with van der Waals surface area (Å²) in [4.78, 5) is 30.9. The first-order valence-corrected chi connectivity index (χ1v) is 12.6. The number of rotatable bonds is 9. The van der Waals surface area contributed by atoms with E-state index in [1.165, 1.54) is 30.6 Å². The number of benzene rings is 2. The summed E-state index contributed by atoms with van der Waals surface area (Å²) >= 11 is 1.36. The van der Waals surface area contributed by atoms with E-state index in [4.69, 9.17) is 9.84 Å². The third-order valence-electron chi connectivity index (χ3n) is 5.80. The Labute approximate surface area is 209 Å². The lowest BCUT2D eigenvalue weighted by molar-refractivity contribution is -0.136. The van der Waals surface area contributed by atoms with Crippen LogP contribution in [0.1, 0.15) is 41.7 Å². The largest absolute Gasteiger partial charge is 0.488 e. The number of anilines is 3. The molecule has 0 spiro atoms. The van der Waals surface area contributed by atoms with Gasteiger partial charge in [0.15, 0.2) is 5.13 Å². The van der Waals surface area contributed by atoms with E-state index in [-0.39, 0.29) is 12.5 Å². The minimum Gasteiger partial charge on any atom is -0.488 e. The highest BCUT2D eigenvalue weighted by molar-refractivity contribution is 7.15. The number of piperidine rings is 1. The number of carboxylic acids is 1. The molecule has 0 unspecified atom stereocenters. The first-order chi connectivity index (χ1) is 17.0. The second kappa shape index (κ2) is 11.7. The number of nitrogens with one attached hydrogen (secondary N) is 2. The molecule has 8 nitrogen and oxygen atoms in total. The molecule has 0 saturated carbocycles. The van der Waals surface area contributed by atoms with Crippen LogP contribution in [0.3, 0.4) is 0 Å². The second-order valence-corrected chi connectivity index (χ2v) is 9.72. The number of carbonyl (C=O) groups excluding carboxylic acids is 1. The van der Waals surface area contributed by atoms with Gasteiger partial charge >= 0.3 is 12.0 Å². The standard InChI is InChI=1S/C26H30N4O4S/c1-18-5-11-22(23(15-18)30-13-3-2-4-14-30)28-25(33)29-26-27-16-21(35-26)17-34-20-9-6-19(7-10-20)8-12-24(31)32/h5-7,9-11,15-16H,2-4,8,12-14,17H2,1H3,(H,31,32)(H2,27,28,29,33). The number of aryl methyl sites for hydroxylation is 2. The van der Waals surface area contributed by atoms with Crippen LogP contribution in [-0.2, 0) is 17.8 Å². The maximum absolute atomic E-state index is 12.7. The van der Waals surface area contributed by atoms with Crippen LogP contribution in [0.25, 0.3) is 0 Å². The van der Waals surface area contributed by atoms with E-state index in [9.17, 15) is 9.59 Å². The number of urea groups is 1. The molecule has 0 aliphatic carbocycles. The number of aromatic nitrogens is 1. The molecule has 1 saturated heterocycles. The Hall–Kier alpha value is -3.59. The third-order valence-corrected chi connectivity index (χ3v) is 6.69. The molecule has 9 heteroatoms. The minimum absolute atomic E-state index is 0.105. The van der Waals surface area contributed by atoms with Crippen molar-refractivity contribution in [1.82, 2.24) is 4.98 Å². The van der Waals surface area contributed by atoms with Crippen molar-refractivity contribution in [3.05, 3.63) is 64.7 Å². The molecule has 4 rings (SSSR count). The molecular weight excluding hydrogens is 464 g/mol. The number of hydrogen-bond acceptors (Lipinski definition) is 6. The van der Waals surface area contributed by atoms with Gasteiger partial charge in [-0.3, -0.25) is 10.1 Å². The first kappa shape index (κ1) is 24.5. The normalized spacial score (nSPS) is 13.3. The zero-order valence-electron chi connectivity index (χ0n) is 19.8. The number of aliphatic carboxylic acids is 1. The molecule has 0 bridgehead atoms. The average molecular weight is 495 g/mol. The molecule has 2 heterocycles. The maximum Gasteiger partial charge on any atom is 0.325 e. The van der Waals surface area contributed by atoms with Crippen molar-refractivity contribution in [2.75, 3.05) is 28.6 Å². The molecule has 3 N–H and O–H groups in total. The predicted octanol–water partition coefficient (Wildman–Crippen LogP) is 5.68. The summed E-state index contributed by atoms with van der Waals surface area (Å²) in [7, 11) is 0. The van der Waals surface area contributed by atoms with Gasteiger partial charge in [-0.2, -0.15) is 0 Å². The third kappa shape index (κ3) is 7.19. The number of ether oxygens (including phenoxy) is 1. The summed E-state index contributed by atoms with van der Waals surface area (Å²) in [5.74, 6) is -0.121. The summed E-state index contributed by atoms with van der Waals surface area (Å²) in [5.41, 5.74) is 3.96. The highest BCUT2D eigenvalue weighted by Crippen LogP contribution is 2.30. The SMILES string of the molecule is Cc1ccc(NC(=O)Nc2ncc(COc3ccc(CCC(=O)O)cc3)s2)c(N2CCCCC2)c1. The van der Waals surface area contributed by atoms with E-state index >= 15 is 0 Å². The fraction of sp³-hybridized carbons (Fsp3) is 0.346. The van der Waals surface area contributed by atoms with Crippen molar-refractivity contribution in [2.45, 2.75) is 45.6 Å². The van der Waals surface area contributed by atoms with Crippen molar-refractivity contribution in [1.29, 1.82) is 0 Å². The summed E-state index contributed by atoms with van der Waals surface area (Å²) < 4.78 is 5.80. The van der Waals surface area contributed by atoms with Crippen LogP contribution in [-0.4, -0.2) is 35.2 Å². The van der Waals surface area contributed by atoms with Gasteiger partial charge in [0.25, 0.3) is 0 Å². The van der Waals surface area contributed by atoms with Gasteiger partial charge in [0, 0.05) is 25.7 Å². The van der Waals surface area contributed by atoms with E-state index in [0.29, 0.717) is 23.9 Å². The summed E-state index contributed by atoms with van der Waals surface area (Å²) in [6.45, 7) is 4.39. The molecule has 1 aliphatic rings. The van der Waals surface area contributed by atoms with Crippen LogP contribution in [0, 0.1) is 6.92 Å². The minimum atomic E-state index is -0.810. The van der Waals surface area contributed by atoms with Crippen LogP contribution in [0.15, 0.2) is 48.7 Å². The molecular formula is C26H30N4O4S. The summed E-state index contributed by atoms with van der Waals surface area (Å²) in [6, 6.07) is 13.1. The number of carbonyl (C=O) groups is 2. The van der Waals surface area contributed by atoms with E-state index in [1.807, 2.05) is 36.4 Å². The lowest BCUT2D eigenvalue weighted by Crippen LogP contribution is -2.31. The van der Waals surface area contributed by atoms with Gasteiger partial charge in [-0.1, -0.05) is 29.5 Å². The van der Waals surface area contributed by atoms with Crippen LogP contribution in [0.4, 0.5) is 21.3 Å². The molecule has 1 aromatic heterocycles. The molecule has 2 amide bonds. The Kier molecular flexibility index (Phi) is 8.20. The van der Waals surface area contributed by atoms with Crippen LogP contribution < -0.4 is 20.3 Å². The molecule has 0 radical (unpaired) electrons. The maximum atomic E-state index is 12.7. The van der Waals surface area contributed by atoms with Gasteiger partial charge in [0.05, 0.1) is 16.3 Å². The van der Waals surface area contributed by atoms with Crippen LogP contribution >= 0.6 is 11.3 Å². The molecule has 184 valence electrons. The lowest BCUT2D eigenvalue weighted by atomic mass is 10.1. The van der Waals surface area contributed by atoms with Gasteiger partial charge < -0.3 is 20.1 Å². The van der Waals surface area contributed by atoms with E-state index < -0.39 is 5.97 Å². The number of nitrogens with zero attached hydrogens (tertiary/aromatic N) is 2.